The van der Waals surface area contributed by atoms with Gasteiger partial charge in [-0.15, -0.1) is 0 Å². The Morgan fingerprint density at radius 3 is 2.15 bits per heavy atom. The molecule has 3 rings (SSSR count). The first-order chi connectivity index (χ1) is 19.0. The lowest BCUT2D eigenvalue weighted by Gasteiger charge is -2.34. The zero-order valence-corrected chi connectivity index (χ0v) is 26.3. The Bertz CT molecular complexity index is 1420. The molecular formula is C30H35BrClN3O4S. The van der Waals surface area contributed by atoms with Crippen molar-refractivity contribution >= 4 is 55.1 Å². The van der Waals surface area contributed by atoms with Gasteiger partial charge in [-0.05, 0) is 74.7 Å². The molecule has 3 aromatic rings. The van der Waals surface area contributed by atoms with Crippen LogP contribution in [-0.4, -0.2) is 43.8 Å². The number of benzene rings is 3. The Balaban J connectivity index is 2.06. The van der Waals surface area contributed by atoms with Gasteiger partial charge in [0, 0.05) is 22.1 Å². The summed E-state index contributed by atoms with van der Waals surface area (Å²) >= 11 is 9.83. The van der Waals surface area contributed by atoms with Crippen LogP contribution in [0, 0.1) is 6.92 Å². The quantitative estimate of drug-likeness (QED) is 0.249. The second-order valence-corrected chi connectivity index (χ2v) is 12.8. The molecule has 0 heterocycles. The van der Waals surface area contributed by atoms with Crippen LogP contribution in [0.25, 0.3) is 0 Å². The molecule has 40 heavy (non-hydrogen) atoms. The fourth-order valence-electron chi connectivity index (χ4n) is 4.14. The highest BCUT2D eigenvalue weighted by atomic mass is 79.9. The molecule has 0 aliphatic rings. The van der Waals surface area contributed by atoms with E-state index < -0.39 is 28.5 Å². The fraction of sp³-hybridized carbons (Fsp3) is 0.333. The van der Waals surface area contributed by atoms with Gasteiger partial charge in [-0.2, -0.15) is 0 Å². The molecule has 0 aliphatic carbocycles. The number of sulfonamides is 1. The standard InChI is InChI=1S/C30H35BrClN3O4S/c1-5-22(4)33-30(37)28(6-2)34(19-23-9-7-8-10-27(23)32)29(36)20-35(25-15-13-24(31)14-16-25)40(38,39)26-17-11-21(3)12-18-26/h7-18,22,28H,5-6,19-20H2,1-4H3,(H,33,37)/t22-,28-/m1/s1. The summed E-state index contributed by atoms with van der Waals surface area (Å²) in [6.07, 6.45) is 1.06. The van der Waals surface area contributed by atoms with Crippen molar-refractivity contribution in [3.63, 3.8) is 0 Å². The lowest BCUT2D eigenvalue weighted by molar-refractivity contribution is -0.140. The van der Waals surface area contributed by atoms with Gasteiger partial charge in [-0.3, -0.25) is 13.9 Å². The maximum absolute atomic E-state index is 14.1. The zero-order chi connectivity index (χ0) is 29.4. The highest BCUT2D eigenvalue weighted by Crippen LogP contribution is 2.27. The van der Waals surface area contributed by atoms with E-state index in [9.17, 15) is 18.0 Å². The van der Waals surface area contributed by atoms with Crippen LogP contribution in [0.2, 0.25) is 5.02 Å². The molecule has 214 valence electrons. The van der Waals surface area contributed by atoms with Crippen LogP contribution >= 0.6 is 27.5 Å². The number of carbonyl (C=O) groups excluding carboxylic acids is 2. The number of hydrogen-bond acceptors (Lipinski definition) is 4. The summed E-state index contributed by atoms with van der Waals surface area (Å²) in [7, 11) is -4.13. The van der Waals surface area contributed by atoms with E-state index in [0.29, 0.717) is 22.7 Å². The SMILES string of the molecule is CC[C@@H](C)NC(=O)[C@@H](CC)N(Cc1ccccc1Cl)C(=O)CN(c1ccc(Br)cc1)S(=O)(=O)c1ccc(C)cc1. The van der Waals surface area contributed by atoms with E-state index in [4.69, 9.17) is 11.6 Å². The largest absolute Gasteiger partial charge is 0.352 e. The average molecular weight is 649 g/mol. The number of hydrogen-bond donors (Lipinski definition) is 1. The van der Waals surface area contributed by atoms with E-state index in [0.717, 1.165) is 20.8 Å². The number of nitrogens with zero attached hydrogens (tertiary/aromatic N) is 2. The highest BCUT2D eigenvalue weighted by Gasteiger charge is 2.34. The molecule has 0 aliphatic heterocycles. The lowest BCUT2D eigenvalue weighted by Crippen LogP contribution is -2.53. The van der Waals surface area contributed by atoms with Crippen molar-refractivity contribution in [2.24, 2.45) is 0 Å². The van der Waals surface area contributed by atoms with Crippen molar-refractivity contribution in [1.29, 1.82) is 0 Å². The van der Waals surface area contributed by atoms with Crippen LogP contribution in [0.4, 0.5) is 5.69 Å². The molecular weight excluding hydrogens is 614 g/mol. The van der Waals surface area contributed by atoms with Gasteiger partial charge in [-0.1, -0.05) is 77.3 Å². The van der Waals surface area contributed by atoms with Gasteiger partial charge < -0.3 is 10.2 Å². The van der Waals surface area contributed by atoms with Gasteiger partial charge in [-0.25, -0.2) is 8.42 Å². The van der Waals surface area contributed by atoms with Gasteiger partial charge >= 0.3 is 0 Å². The maximum Gasteiger partial charge on any atom is 0.264 e. The molecule has 0 spiro atoms. The highest BCUT2D eigenvalue weighted by molar-refractivity contribution is 9.10. The van der Waals surface area contributed by atoms with Crippen molar-refractivity contribution in [2.45, 2.75) is 64.1 Å². The third kappa shape index (κ3) is 7.86. The minimum atomic E-state index is -4.13. The Hall–Kier alpha value is -2.88. The first-order valence-electron chi connectivity index (χ1n) is 13.2. The van der Waals surface area contributed by atoms with E-state index >= 15 is 0 Å². The summed E-state index contributed by atoms with van der Waals surface area (Å²) in [6.45, 7) is 7.09. The number of aryl methyl sites for hydroxylation is 1. The van der Waals surface area contributed by atoms with E-state index in [-0.39, 0.29) is 23.4 Å². The molecule has 0 unspecified atom stereocenters. The number of amides is 2. The van der Waals surface area contributed by atoms with E-state index in [2.05, 4.69) is 21.2 Å². The summed E-state index contributed by atoms with van der Waals surface area (Å²) < 4.78 is 29.7. The molecule has 3 aromatic carbocycles. The minimum Gasteiger partial charge on any atom is -0.352 e. The first kappa shape index (κ1) is 31.6. The predicted octanol–water partition coefficient (Wildman–Crippen LogP) is 6.33. The average Bonchev–Trinajstić information content (AvgIpc) is 2.93. The molecule has 2 atom stereocenters. The summed E-state index contributed by atoms with van der Waals surface area (Å²) in [6, 6.07) is 19.4. The van der Waals surface area contributed by atoms with Crippen molar-refractivity contribution < 1.29 is 18.0 Å². The topological polar surface area (TPSA) is 86.8 Å². The Morgan fingerprint density at radius 2 is 1.57 bits per heavy atom. The molecule has 7 nitrogen and oxygen atoms in total. The van der Waals surface area contributed by atoms with E-state index in [1.807, 2.05) is 27.7 Å². The molecule has 0 radical (unpaired) electrons. The number of rotatable bonds is 12. The summed E-state index contributed by atoms with van der Waals surface area (Å²) in [5.74, 6) is -0.821. The second-order valence-electron chi connectivity index (χ2n) is 9.66. The maximum atomic E-state index is 14.1. The molecule has 0 aromatic heterocycles. The minimum absolute atomic E-state index is 0.0453. The third-order valence-electron chi connectivity index (χ3n) is 6.69. The van der Waals surface area contributed by atoms with Crippen molar-refractivity contribution in [3.8, 4) is 0 Å². The van der Waals surface area contributed by atoms with Crippen LogP contribution in [0.3, 0.4) is 0 Å². The number of halogens is 2. The molecule has 0 bridgehead atoms. The summed E-state index contributed by atoms with van der Waals surface area (Å²) in [5.41, 5.74) is 1.89. The van der Waals surface area contributed by atoms with Gasteiger partial charge in [0.1, 0.15) is 12.6 Å². The summed E-state index contributed by atoms with van der Waals surface area (Å²) in [5, 5.41) is 3.42. The van der Waals surface area contributed by atoms with Crippen LogP contribution in [0.1, 0.15) is 44.7 Å². The molecule has 10 heteroatoms. The van der Waals surface area contributed by atoms with Crippen LogP contribution < -0.4 is 9.62 Å². The van der Waals surface area contributed by atoms with Crippen LogP contribution in [0.5, 0.6) is 0 Å². The zero-order valence-electron chi connectivity index (χ0n) is 23.1. The molecule has 0 saturated carbocycles. The number of anilines is 1. The van der Waals surface area contributed by atoms with E-state index in [1.165, 1.54) is 17.0 Å². The molecule has 0 fully saturated rings. The molecule has 2 amide bonds. The van der Waals surface area contributed by atoms with Gasteiger partial charge in [0.05, 0.1) is 10.6 Å². The van der Waals surface area contributed by atoms with Crippen LogP contribution in [-0.2, 0) is 26.2 Å². The predicted molar refractivity (Wildman–Crippen MR) is 164 cm³/mol. The smallest absolute Gasteiger partial charge is 0.264 e. The Kier molecular flexibility index (Phi) is 11.2. The van der Waals surface area contributed by atoms with Crippen LogP contribution in [0.15, 0.2) is 82.2 Å². The monoisotopic (exact) mass is 647 g/mol. The fourth-order valence-corrected chi connectivity index (χ4v) is 6.02. The second kappa shape index (κ2) is 14.1. The Morgan fingerprint density at radius 1 is 0.950 bits per heavy atom. The summed E-state index contributed by atoms with van der Waals surface area (Å²) in [4.78, 5) is 28.9. The van der Waals surface area contributed by atoms with Gasteiger partial charge in [0.2, 0.25) is 11.8 Å². The molecule has 0 saturated heterocycles. The van der Waals surface area contributed by atoms with Gasteiger partial charge in [0.15, 0.2) is 0 Å². The number of carbonyl (C=O) groups is 2. The first-order valence-corrected chi connectivity index (χ1v) is 15.8. The Labute approximate surface area is 250 Å². The van der Waals surface area contributed by atoms with Crippen molar-refractivity contribution in [1.82, 2.24) is 10.2 Å². The van der Waals surface area contributed by atoms with Gasteiger partial charge in [0.25, 0.3) is 10.0 Å². The lowest BCUT2D eigenvalue weighted by atomic mass is 10.1. The molecule has 1 N–H and O–H groups in total. The normalized spacial score (nSPS) is 12.8. The third-order valence-corrected chi connectivity index (χ3v) is 9.37. The van der Waals surface area contributed by atoms with E-state index in [1.54, 1.807) is 60.7 Å². The number of nitrogens with one attached hydrogen (secondary N) is 1. The van der Waals surface area contributed by atoms with Crippen molar-refractivity contribution in [2.75, 3.05) is 10.8 Å². The van der Waals surface area contributed by atoms with Crippen molar-refractivity contribution in [3.05, 3.63) is 93.4 Å².